The summed E-state index contributed by atoms with van der Waals surface area (Å²) in [6.07, 6.45) is 1.02. The van der Waals surface area contributed by atoms with Gasteiger partial charge in [0.05, 0.1) is 37.6 Å². The number of carbonyl (C=O) groups excluding carboxylic acids is 3. The number of imidazole rings is 1. The molecule has 18 heteroatoms. The first-order chi connectivity index (χ1) is 27.6. The number of halogens is 5. The molecule has 3 aromatic heterocycles. The van der Waals surface area contributed by atoms with Gasteiger partial charge in [-0.1, -0.05) is 6.07 Å². The van der Waals surface area contributed by atoms with Crippen molar-refractivity contribution in [3.63, 3.8) is 0 Å². The number of fused-ring (bicyclic) bond motifs is 2. The molecule has 306 valence electrons. The Labute approximate surface area is 333 Å². The van der Waals surface area contributed by atoms with Crippen molar-refractivity contribution < 1.29 is 36.3 Å². The first kappa shape index (κ1) is 39.6. The first-order valence-corrected chi connectivity index (χ1v) is 20.1. The van der Waals surface area contributed by atoms with Gasteiger partial charge in [-0.25, -0.2) is 23.5 Å². The Kier molecular flexibility index (Phi) is 10.6. The zero-order valence-electron chi connectivity index (χ0n) is 31.7. The summed E-state index contributed by atoms with van der Waals surface area (Å²) in [6.45, 7) is 2.23. The second-order valence-electron chi connectivity index (χ2n) is 15.6. The predicted molar refractivity (Wildman–Crippen MR) is 208 cm³/mol. The Morgan fingerprint density at radius 3 is 2.43 bits per heavy atom. The number of carbonyl (C=O) groups is 3. The Morgan fingerprint density at radius 1 is 0.983 bits per heavy atom. The molecule has 3 fully saturated rings. The highest BCUT2D eigenvalue weighted by molar-refractivity contribution is 7.18. The number of pyridine rings is 1. The molecule has 3 amide bonds. The summed E-state index contributed by atoms with van der Waals surface area (Å²) in [7, 11) is 3.75. The van der Waals surface area contributed by atoms with E-state index in [9.17, 15) is 32.3 Å². The topological polar surface area (TPSA) is 134 Å². The van der Waals surface area contributed by atoms with Gasteiger partial charge in [-0.15, -0.1) is 11.3 Å². The largest absolute Gasteiger partial charge is 0.433 e. The van der Waals surface area contributed by atoms with Crippen LogP contribution >= 0.6 is 11.3 Å². The fourth-order valence-electron chi connectivity index (χ4n) is 8.77. The molecule has 1 atom stereocenters. The SMILES string of the molecule is CN(C[C@H]1CC[C@H](c2nc3cc(F)c(NC(=O)c4cccc(C(F)(F)F)n4)cc3s2)CC1)C1CCN(c2cc(F)cc3c2n(C)c(=O)n3C2CCC(=O)NC2=O)CC1. The lowest BCUT2D eigenvalue weighted by molar-refractivity contribution is -0.141. The smallest absolute Gasteiger partial charge is 0.370 e. The van der Waals surface area contributed by atoms with E-state index in [1.807, 2.05) is 0 Å². The molecule has 0 bridgehead atoms. The quantitative estimate of drug-likeness (QED) is 0.130. The van der Waals surface area contributed by atoms with E-state index in [4.69, 9.17) is 4.98 Å². The van der Waals surface area contributed by atoms with E-state index < -0.39 is 58.7 Å². The van der Waals surface area contributed by atoms with Gasteiger partial charge in [0.1, 0.15) is 29.1 Å². The van der Waals surface area contributed by atoms with Crippen molar-refractivity contribution in [2.24, 2.45) is 13.0 Å². The molecule has 2 aliphatic heterocycles. The van der Waals surface area contributed by atoms with E-state index >= 15 is 8.78 Å². The van der Waals surface area contributed by atoms with Crippen LogP contribution in [0.5, 0.6) is 0 Å². The van der Waals surface area contributed by atoms with E-state index in [1.165, 1.54) is 44.7 Å². The van der Waals surface area contributed by atoms with Gasteiger partial charge in [-0.05, 0) is 88.2 Å². The summed E-state index contributed by atoms with van der Waals surface area (Å²) in [6, 6.07) is 7.79. The molecule has 0 radical (unpaired) electrons. The Hall–Kier alpha value is -5.23. The molecular formula is C40H41F5N8O4S. The van der Waals surface area contributed by atoms with Crippen molar-refractivity contribution >= 4 is 61.7 Å². The van der Waals surface area contributed by atoms with E-state index in [0.717, 1.165) is 68.3 Å². The minimum atomic E-state index is -4.72. The standard InChI is InChI=1S/C40H41F5N8O4S/c1-50(24-12-14-52(15-13-24)30-16-23(41)17-31-35(30)51(2)39(57)53(31)29-10-11-34(54)49-37(29)56)20-21-6-8-22(9-7-21)38-48-28-18-25(42)27(19-32(28)58-38)47-36(55)26-4-3-5-33(46-26)40(43,44)45/h3-5,16-19,21-22,24,29H,6-15,20H2,1-2H3,(H,47,55)(H,49,54,56)/t21-,22-,29?. The predicted octanol–water partition coefficient (Wildman–Crippen LogP) is 6.75. The van der Waals surface area contributed by atoms with Gasteiger partial charge in [0.25, 0.3) is 5.91 Å². The number of amides is 3. The Balaban J connectivity index is 0.867. The minimum Gasteiger partial charge on any atom is -0.370 e. The number of aromatic nitrogens is 4. The third-order valence-electron chi connectivity index (χ3n) is 11.8. The third-order valence-corrected chi connectivity index (χ3v) is 13.0. The van der Waals surface area contributed by atoms with E-state index in [0.29, 0.717) is 52.0 Å². The zero-order chi connectivity index (χ0) is 41.0. The molecule has 2 N–H and O–H groups in total. The highest BCUT2D eigenvalue weighted by atomic mass is 32.1. The van der Waals surface area contributed by atoms with Gasteiger partial charge in [0.15, 0.2) is 0 Å². The lowest BCUT2D eigenvalue weighted by Gasteiger charge is -2.40. The highest BCUT2D eigenvalue weighted by Crippen LogP contribution is 2.41. The van der Waals surface area contributed by atoms with Crippen LogP contribution in [0.2, 0.25) is 0 Å². The average Bonchev–Trinajstić information content (AvgIpc) is 3.71. The number of imide groups is 1. The molecular weight excluding hydrogens is 784 g/mol. The van der Waals surface area contributed by atoms with Gasteiger partial charge < -0.3 is 15.1 Å². The van der Waals surface area contributed by atoms with Crippen LogP contribution in [0.25, 0.3) is 21.3 Å². The zero-order valence-corrected chi connectivity index (χ0v) is 32.6. The molecule has 0 spiro atoms. The number of piperidine rings is 2. The van der Waals surface area contributed by atoms with Crippen LogP contribution in [-0.4, -0.2) is 74.4 Å². The van der Waals surface area contributed by atoms with Gasteiger partial charge in [0, 0.05) is 51.1 Å². The summed E-state index contributed by atoms with van der Waals surface area (Å²) in [5.74, 6) is -2.50. The van der Waals surface area contributed by atoms with E-state index in [1.54, 1.807) is 7.05 Å². The number of nitrogens with one attached hydrogen (secondary N) is 2. The van der Waals surface area contributed by atoms with Gasteiger partial charge in [-0.3, -0.25) is 28.8 Å². The second kappa shape index (κ2) is 15.5. The van der Waals surface area contributed by atoms with Crippen molar-refractivity contribution in [2.75, 3.05) is 36.9 Å². The fraction of sp³-hybridized carbons (Fsp3) is 0.450. The normalized spacial score (nSPS) is 21.0. The van der Waals surface area contributed by atoms with Crippen molar-refractivity contribution in [1.82, 2.24) is 29.3 Å². The molecule has 58 heavy (non-hydrogen) atoms. The molecule has 3 aliphatic rings. The van der Waals surface area contributed by atoms with Gasteiger partial charge >= 0.3 is 11.9 Å². The lowest BCUT2D eigenvalue weighted by atomic mass is 9.82. The minimum absolute atomic E-state index is 0.0963. The van der Waals surface area contributed by atoms with Crippen LogP contribution in [0.4, 0.5) is 33.3 Å². The molecule has 12 nitrogen and oxygen atoms in total. The van der Waals surface area contributed by atoms with Gasteiger partial charge in [-0.2, -0.15) is 13.2 Å². The molecule has 8 rings (SSSR count). The summed E-state index contributed by atoms with van der Waals surface area (Å²) in [5, 5.41) is 5.53. The summed E-state index contributed by atoms with van der Waals surface area (Å²) < 4.78 is 72.9. The number of thiazole rings is 1. The Bertz CT molecular complexity index is 2480. The number of aryl methyl sites for hydroxylation is 1. The number of alkyl halides is 3. The van der Waals surface area contributed by atoms with Crippen LogP contribution in [0, 0.1) is 17.6 Å². The highest BCUT2D eigenvalue weighted by Gasteiger charge is 2.35. The number of hydrogen-bond donors (Lipinski definition) is 2. The molecule has 1 saturated carbocycles. The van der Waals surface area contributed by atoms with Crippen LogP contribution < -0.4 is 21.2 Å². The maximum absolute atomic E-state index is 15.1. The maximum atomic E-state index is 15.1. The average molecular weight is 825 g/mol. The lowest BCUT2D eigenvalue weighted by Crippen LogP contribution is -2.45. The van der Waals surface area contributed by atoms with Crippen LogP contribution in [0.3, 0.4) is 0 Å². The van der Waals surface area contributed by atoms with Crippen molar-refractivity contribution in [3.05, 3.63) is 81.0 Å². The second-order valence-corrected chi connectivity index (χ2v) is 16.6. The van der Waals surface area contributed by atoms with Crippen LogP contribution in [-0.2, 0) is 22.8 Å². The van der Waals surface area contributed by atoms with Crippen molar-refractivity contribution in [1.29, 1.82) is 0 Å². The molecule has 5 aromatic rings. The van der Waals surface area contributed by atoms with Crippen molar-refractivity contribution in [2.45, 2.75) is 75.5 Å². The summed E-state index contributed by atoms with van der Waals surface area (Å²) in [5.41, 5.74) is -0.362. The molecule has 2 aromatic carbocycles. The van der Waals surface area contributed by atoms with E-state index in [-0.39, 0.29) is 24.4 Å². The van der Waals surface area contributed by atoms with Crippen LogP contribution in [0.1, 0.15) is 84.5 Å². The Morgan fingerprint density at radius 2 is 1.72 bits per heavy atom. The summed E-state index contributed by atoms with van der Waals surface area (Å²) >= 11 is 1.42. The fourth-order valence-corrected chi connectivity index (χ4v) is 9.92. The maximum Gasteiger partial charge on any atom is 0.433 e. The monoisotopic (exact) mass is 824 g/mol. The molecule has 1 unspecified atom stereocenters. The number of rotatable bonds is 8. The number of anilines is 2. The molecule has 2 saturated heterocycles. The number of hydrogen-bond acceptors (Lipinski definition) is 9. The number of benzene rings is 2. The van der Waals surface area contributed by atoms with E-state index in [2.05, 4.69) is 32.5 Å². The molecule has 1 aliphatic carbocycles. The third kappa shape index (κ3) is 7.70. The number of nitrogens with zero attached hydrogens (tertiary/aromatic N) is 6. The summed E-state index contributed by atoms with van der Waals surface area (Å²) in [4.78, 5) is 63.2. The first-order valence-electron chi connectivity index (χ1n) is 19.3. The molecule has 5 heterocycles. The van der Waals surface area contributed by atoms with Gasteiger partial charge in [0.2, 0.25) is 11.8 Å². The van der Waals surface area contributed by atoms with Crippen LogP contribution in [0.15, 0.2) is 47.3 Å². The van der Waals surface area contributed by atoms with Crippen molar-refractivity contribution in [3.8, 4) is 0 Å².